The van der Waals surface area contributed by atoms with Gasteiger partial charge >= 0.3 is 0 Å². The van der Waals surface area contributed by atoms with Crippen LogP contribution in [0.5, 0.6) is 0 Å². The normalized spacial score (nSPS) is 10.2. The molecule has 16 heavy (non-hydrogen) atoms. The van der Waals surface area contributed by atoms with Gasteiger partial charge in [-0.25, -0.2) is 0 Å². The van der Waals surface area contributed by atoms with Crippen molar-refractivity contribution < 1.29 is 49.4 Å². The molecule has 0 saturated carbocycles. The molecule has 3 nitrogen and oxygen atoms in total. The quantitative estimate of drug-likeness (QED) is 0.502. The maximum absolute atomic E-state index is 5.95. The third-order valence-corrected chi connectivity index (χ3v) is 2.49. The van der Waals surface area contributed by atoms with E-state index in [0.29, 0.717) is 0 Å². The minimum absolute atomic E-state index is 0. The Bertz CT molecular complexity index is 652. The van der Waals surface area contributed by atoms with Crippen molar-refractivity contribution in [3.8, 4) is 0 Å². The molecule has 2 heterocycles. The molecule has 0 aliphatic heterocycles. The molecule has 1 aromatic carbocycles. The van der Waals surface area contributed by atoms with Crippen LogP contribution in [0.1, 0.15) is 0 Å². The number of anilines is 1. The van der Waals surface area contributed by atoms with E-state index in [9.17, 15) is 0 Å². The molecule has 1 radical (unpaired) electrons. The van der Waals surface area contributed by atoms with Crippen LogP contribution in [0.25, 0.3) is 21.8 Å². The fourth-order valence-corrected chi connectivity index (χ4v) is 1.80. The molecule has 0 saturated heterocycles. The van der Waals surface area contributed by atoms with E-state index in [1.165, 1.54) is 0 Å². The summed E-state index contributed by atoms with van der Waals surface area (Å²) >= 11 is 0. The van der Waals surface area contributed by atoms with Crippen molar-refractivity contribution in [3.63, 3.8) is 0 Å². The number of nitrogens with zero attached hydrogens (tertiary/aromatic N) is 2. The third kappa shape index (κ3) is 1.85. The summed E-state index contributed by atoms with van der Waals surface area (Å²) in [4.78, 5) is 8.66. The van der Waals surface area contributed by atoms with Crippen LogP contribution in [-0.4, -0.2) is 9.97 Å². The molecule has 0 fully saturated rings. The molecule has 0 atom stereocenters. The van der Waals surface area contributed by atoms with Crippen LogP contribution in [-0.2, 0) is 0 Å². The van der Waals surface area contributed by atoms with Gasteiger partial charge in [-0.3, -0.25) is 9.97 Å². The van der Waals surface area contributed by atoms with Crippen molar-refractivity contribution in [2.24, 2.45) is 0 Å². The molecular weight excluding hydrogens is 338 g/mol. The fraction of sp³-hybridized carbons (Fsp3) is 0. The Morgan fingerprint density at radius 2 is 1.62 bits per heavy atom. The van der Waals surface area contributed by atoms with Crippen LogP contribution in [0.15, 0.2) is 42.7 Å². The number of fused-ring (bicyclic) bond motifs is 3. The molecule has 0 unspecified atom stereocenters. The number of pyridine rings is 2. The molecule has 3 rings (SSSR count). The Morgan fingerprint density at radius 3 is 2.44 bits per heavy atom. The van der Waals surface area contributed by atoms with Gasteiger partial charge in [-0.05, 0) is 24.3 Å². The smallest absolute Gasteiger partial charge is 0.0985 e. The number of nitrogen functional groups attached to an aromatic ring is 1. The van der Waals surface area contributed by atoms with Gasteiger partial charge in [0.2, 0.25) is 0 Å². The molecule has 0 aliphatic rings. The van der Waals surface area contributed by atoms with Crippen molar-refractivity contribution in [3.05, 3.63) is 42.7 Å². The number of nitrogens with two attached hydrogens (primary N) is 1. The van der Waals surface area contributed by atoms with Crippen LogP contribution in [0.4, 0.5) is 5.69 Å². The maximum atomic E-state index is 5.95. The van der Waals surface area contributed by atoms with Crippen LogP contribution < -0.4 is 5.73 Å². The zero-order valence-corrected chi connectivity index (χ0v) is 10.8. The third-order valence-electron chi connectivity index (χ3n) is 2.49. The van der Waals surface area contributed by atoms with E-state index in [-0.39, 0.29) is 49.4 Å². The van der Waals surface area contributed by atoms with E-state index < -0.39 is 0 Å². The van der Waals surface area contributed by atoms with E-state index in [2.05, 4.69) is 9.97 Å². The molecule has 0 amide bonds. The van der Waals surface area contributed by atoms with Crippen molar-refractivity contribution >= 4 is 27.5 Å². The first-order valence-electron chi connectivity index (χ1n) is 4.74. The Kier molecular flexibility index (Phi) is 3.52. The van der Waals surface area contributed by atoms with E-state index in [0.717, 1.165) is 27.5 Å². The molecule has 2 N–H and O–H groups in total. The zero-order valence-electron chi connectivity index (χ0n) is 8.39. The van der Waals surface area contributed by atoms with Crippen molar-refractivity contribution in [2.75, 3.05) is 5.73 Å². The van der Waals surface area contributed by atoms with Crippen LogP contribution in [0.3, 0.4) is 0 Å². The van der Waals surface area contributed by atoms with E-state index in [4.69, 9.17) is 5.73 Å². The van der Waals surface area contributed by atoms with Gasteiger partial charge in [-0.15, -0.1) is 0 Å². The van der Waals surface area contributed by atoms with Gasteiger partial charge in [-0.1, -0.05) is 6.07 Å². The average molecular weight is 347 g/mol. The summed E-state index contributed by atoms with van der Waals surface area (Å²) in [6.45, 7) is 0. The number of aromatic nitrogens is 2. The molecule has 3 aromatic rings. The first-order valence-corrected chi connectivity index (χ1v) is 4.74. The van der Waals surface area contributed by atoms with Gasteiger partial charge in [-0.2, -0.15) is 0 Å². The summed E-state index contributed by atoms with van der Waals surface area (Å²) in [5.74, 6) is 0. The summed E-state index contributed by atoms with van der Waals surface area (Å²) in [5.41, 5.74) is 8.48. The maximum Gasteiger partial charge on any atom is 0.0985 e. The molecule has 0 bridgehead atoms. The number of hydrogen-bond acceptors (Lipinski definition) is 3. The van der Waals surface area contributed by atoms with Gasteiger partial charge < -0.3 is 5.73 Å². The minimum atomic E-state index is 0. The monoisotopic (exact) mass is 348 g/mol. The summed E-state index contributed by atoms with van der Waals surface area (Å²) in [6.07, 6.45) is 3.53. The predicted molar refractivity (Wildman–Crippen MR) is 61.5 cm³/mol. The molecule has 4 heteroatoms. The summed E-state index contributed by atoms with van der Waals surface area (Å²) < 4.78 is 0. The van der Waals surface area contributed by atoms with Gasteiger partial charge in [0.1, 0.15) is 0 Å². The van der Waals surface area contributed by atoms with E-state index in [1.54, 1.807) is 12.4 Å². The van der Waals surface area contributed by atoms with Gasteiger partial charge in [0.15, 0.2) is 0 Å². The second-order valence-electron chi connectivity index (χ2n) is 3.44. The van der Waals surface area contributed by atoms with Crippen molar-refractivity contribution in [1.29, 1.82) is 0 Å². The van der Waals surface area contributed by atoms with Gasteiger partial charge in [0.25, 0.3) is 0 Å². The molecular formula is C12H9EuN3. The fourth-order valence-electron chi connectivity index (χ4n) is 1.80. The summed E-state index contributed by atoms with van der Waals surface area (Å²) in [7, 11) is 0. The van der Waals surface area contributed by atoms with E-state index >= 15 is 0 Å². The van der Waals surface area contributed by atoms with Crippen LogP contribution in [0, 0.1) is 49.4 Å². The first kappa shape index (κ1) is 11.9. The average Bonchev–Trinajstić information content (AvgIpc) is 2.30. The SMILES string of the molecule is Nc1cc2cccnc2c2ncccc12.[Eu]. The minimum Gasteiger partial charge on any atom is -0.398 e. The molecule has 0 spiro atoms. The topological polar surface area (TPSA) is 51.8 Å². The Hall–Kier alpha value is -0.576. The first-order chi connectivity index (χ1) is 7.36. The number of benzene rings is 1. The van der Waals surface area contributed by atoms with Crippen LogP contribution >= 0.6 is 0 Å². The molecule has 2 aromatic heterocycles. The second kappa shape index (κ2) is 4.74. The Morgan fingerprint density at radius 1 is 0.938 bits per heavy atom. The Labute approximate surface area is 134 Å². The molecule has 0 aliphatic carbocycles. The standard InChI is InChI=1S/C12H9N3.Eu/c13-10-7-8-3-1-5-14-11(8)12-9(10)4-2-6-15-12;/h1-7H,13H2;. The number of rotatable bonds is 0. The van der Waals surface area contributed by atoms with Crippen LogP contribution in [0.2, 0.25) is 0 Å². The Balaban J connectivity index is 0.000000963. The number of hydrogen-bond donors (Lipinski definition) is 1. The summed E-state index contributed by atoms with van der Waals surface area (Å²) in [5, 5.41) is 1.99. The van der Waals surface area contributed by atoms with Crippen molar-refractivity contribution in [1.82, 2.24) is 9.97 Å². The zero-order chi connectivity index (χ0) is 10.3. The summed E-state index contributed by atoms with van der Waals surface area (Å²) in [6, 6.07) is 9.68. The van der Waals surface area contributed by atoms with E-state index in [1.807, 2.05) is 30.3 Å². The van der Waals surface area contributed by atoms with Gasteiger partial charge in [0, 0.05) is 78.2 Å². The molecule has 79 valence electrons. The van der Waals surface area contributed by atoms with Gasteiger partial charge in [0.05, 0.1) is 11.0 Å². The second-order valence-corrected chi connectivity index (χ2v) is 3.44. The predicted octanol–water partition coefficient (Wildman–Crippen LogP) is 2.37. The largest absolute Gasteiger partial charge is 0.398 e. The van der Waals surface area contributed by atoms with Crippen molar-refractivity contribution in [2.45, 2.75) is 0 Å².